The van der Waals surface area contributed by atoms with Gasteiger partial charge >= 0.3 is 0 Å². The van der Waals surface area contributed by atoms with Crippen LogP contribution < -0.4 is 16.0 Å². The predicted octanol–water partition coefficient (Wildman–Crippen LogP) is 3.28. The van der Waals surface area contributed by atoms with Crippen LogP contribution in [0.2, 0.25) is 0 Å². The van der Waals surface area contributed by atoms with Crippen molar-refractivity contribution in [3.63, 3.8) is 0 Å². The van der Waals surface area contributed by atoms with Gasteiger partial charge in [0.1, 0.15) is 17.3 Å². The molecule has 0 aromatic heterocycles. The van der Waals surface area contributed by atoms with Crippen LogP contribution in [-0.4, -0.2) is 29.7 Å². The van der Waals surface area contributed by atoms with Gasteiger partial charge < -0.3 is 16.0 Å². The first kappa shape index (κ1) is 20.4. The number of nitrogens with one attached hydrogen (secondary N) is 1. The Morgan fingerprint density at radius 3 is 2.44 bits per heavy atom. The van der Waals surface area contributed by atoms with E-state index in [2.05, 4.69) is 5.32 Å². The number of halogens is 1. The SMILES string of the molecule is NC(=O)C1C(C(=O)c2ccc(F)cc2)C2(C(=O)Nc3ccccc32)C2C=Cc3ccccc3N12. The number of hydrogen-bond acceptors (Lipinski definition) is 4. The van der Waals surface area contributed by atoms with E-state index in [-0.39, 0.29) is 11.5 Å². The fraction of sp³-hybridized carbons (Fsp3) is 0.148. The maximum atomic E-state index is 14.1. The summed E-state index contributed by atoms with van der Waals surface area (Å²) in [5.41, 5.74) is 7.61. The standard InChI is InChI=1S/C27H20FN3O3/c28-17-12-9-16(10-13-17)24(32)22-23(25(29)33)31-20-8-4-1-5-15(20)11-14-21(31)27(22)18-6-2-3-7-19(18)30-26(27)34/h1-14,21-23H,(H2,29,33)(H,30,34). The van der Waals surface area contributed by atoms with Crippen molar-refractivity contribution in [2.24, 2.45) is 11.7 Å². The molecular weight excluding hydrogens is 433 g/mol. The van der Waals surface area contributed by atoms with Gasteiger partial charge in [0.05, 0.1) is 12.0 Å². The third-order valence-electron chi connectivity index (χ3n) is 7.24. The molecule has 2 amide bonds. The lowest BCUT2D eigenvalue weighted by Gasteiger charge is -2.37. The molecule has 3 aromatic rings. The lowest BCUT2D eigenvalue weighted by molar-refractivity contribution is -0.122. The molecule has 3 aliphatic heterocycles. The van der Waals surface area contributed by atoms with Crippen LogP contribution >= 0.6 is 0 Å². The van der Waals surface area contributed by atoms with Crippen molar-refractivity contribution in [2.75, 3.05) is 10.2 Å². The number of hydrogen-bond donors (Lipinski definition) is 2. The minimum Gasteiger partial charge on any atom is -0.368 e. The first-order chi connectivity index (χ1) is 16.4. The quantitative estimate of drug-likeness (QED) is 0.596. The highest BCUT2D eigenvalue weighted by Crippen LogP contribution is 2.57. The van der Waals surface area contributed by atoms with E-state index >= 15 is 0 Å². The summed E-state index contributed by atoms with van der Waals surface area (Å²) in [4.78, 5) is 42.8. The molecule has 1 fully saturated rings. The van der Waals surface area contributed by atoms with Gasteiger partial charge in [0.2, 0.25) is 11.8 Å². The first-order valence-corrected chi connectivity index (χ1v) is 11.0. The molecule has 1 spiro atoms. The third-order valence-corrected chi connectivity index (χ3v) is 7.24. The molecule has 0 saturated carbocycles. The number of anilines is 2. The fourth-order valence-corrected chi connectivity index (χ4v) is 5.94. The molecule has 4 unspecified atom stereocenters. The van der Waals surface area contributed by atoms with E-state index in [1.807, 2.05) is 53.5 Å². The number of Topliss-reactive ketones (excluding diaryl/α,β-unsaturated/α-hetero) is 1. The largest absolute Gasteiger partial charge is 0.368 e. The summed E-state index contributed by atoms with van der Waals surface area (Å²) in [7, 11) is 0. The summed E-state index contributed by atoms with van der Waals surface area (Å²) >= 11 is 0. The number of carbonyl (C=O) groups is 3. The van der Waals surface area contributed by atoms with E-state index in [1.54, 1.807) is 12.1 Å². The van der Waals surface area contributed by atoms with Gasteiger partial charge in [0.25, 0.3) is 0 Å². The number of rotatable bonds is 3. The van der Waals surface area contributed by atoms with Crippen LogP contribution in [0.3, 0.4) is 0 Å². The fourth-order valence-electron chi connectivity index (χ4n) is 5.94. The van der Waals surface area contributed by atoms with Crippen molar-refractivity contribution in [1.82, 2.24) is 0 Å². The van der Waals surface area contributed by atoms with Crippen LogP contribution in [0.25, 0.3) is 6.08 Å². The molecule has 34 heavy (non-hydrogen) atoms. The number of nitrogens with two attached hydrogens (primary N) is 1. The molecule has 6 nitrogen and oxygen atoms in total. The average Bonchev–Trinajstić information content (AvgIpc) is 3.32. The second-order valence-electron chi connectivity index (χ2n) is 8.83. The molecule has 3 N–H and O–H groups in total. The Morgan fingerprint density at radius 1 is 0.971 bits per heavy atom. The summed E-state index contributed by atoms with van der Waals surface area (Å²) in [5, 5.41) is 2.93. The number of carbonyl (C=O) groups excluding carboxylic acids is 3. The maximum absolute atomic E-state index is 14.1. The average molecular weight is 453 g/mol. The topological polar surface area (TPSA) is 92.5 Å². The van der Waals surface area contributed by atoms with E-state index in [0.29, 0.717) is 11.3 Å². The van der Waals surface area contributed by atoms with Crippen molar-refractivity contribution in [1.29, 1.82) is 0 Å². The first-order valence-electron chi connectivity index (χ1n) is 11.0. The van der Waals surface area contributed by atoms with Gasteiger partial charge in [-0.2, -0.15) is 0 Å². The number of para-hydroxylation sites is 2. The van der Waals surface area contributed by atoms with Gasteiger partial charge in [-0.25, -0.2) is 4.39 Å². The molecule has 1 saturated heterocycles. The lowest BCUT2D eigenvalue weighted by atomic mass is 9.64. The minimum atomic E-state index is -1.40. The van der Waals surface area contributed by atoms with Crippen molar-refractivity contribution in [3.8, 4) is 0 Å². The van der Waals surface area contributed by atoms with Crippen LogP contribution in [0, 0.1) is 11.7 Å². The maximum Gasteiger partial charge on any atom is 0.240 e. The molecule has 0 bridgehead atoms. The van der Waals surface area contributed by atoms with Gasteiger partial charge in [-0.15, -0.1) is 0 Å². The Labute approximate surface area is 194 Å². The van der Waals surface area contributed by atoms with Crippen molar-refractivity contribution in [3.05, 3.63) is 101 Å². The van der Waals surface area contributed by atoms with Gasteiger partial charge in [0, 0.05) is 16.9 Å². The normalized spacial score (nSPS) is 26.1. The Hall–Kier alpha value is -4.26. The molecule has 3 heterocycles. The number of nitrogens with zero attached hydrogens (tertiary/aromatic N) is 1. The zero-order valence-electron chi connectivity index (χ0n) is 17.9. The second kappa shape index (κ2) is 7.12. The molecular formula is C27H20FN3O3. The lowest BCUT2D eigenvalue weighted by Crippen LogP contribution is -2.51. The van der Waals surface area contributed by atoms with Gasteiger partial charge in [-0.05, 0) is 47.5 Å². The summed E-state index contributed by atoms with van der Waals surface area (Å²) in [5.74, 6) is -3.11. The van der Waals surface area contributed by atoms with Crippen molar-refractivity contribution in [2.45, 2.75) is 17.5 Å². The second-order valence-corrected chi connectivity index (χ2v) is 8.83. The number of ketones is 1. The summed E-state index contributed by atoms with van der Waals surface area (Å²) in [6.45, 7) is 0. The van der Waals surface area contributed by atoms with Crippen LogP contribution in [0.15, 0.2) is 78.9 Å². The van der Waals surface area contributed by atoms with E-state index in [4.69, 9.17) is 5.73 Å². The van der Waals surface area contributed by atoms with Crippen LogP contribution in [0.5, 0.6) is 0 Å². The Kier molecular flexibility index (Phi) is 4.26. The van der Waals surface area contributed by atoms with E-state index in [1.165, 1.54) is 24.3 Å². The number of amides is 2. The summed E-state index contributed by atoms with van der Waals surface area (Å²) < 4.78 is 13.6. The molecule has 0 aliphatic carbocycles. The molecule has 0 radical (unpaired) electrons. The van der Waals surface area contributed by atoms with Gasteiger partial charge in [-0.3, -0.25) is 14.4 Å². The van der Waals surface area contributed by atoms with Crippen LogP contribution in [0.1, 0.15) is 21.5 Å². The van der Waals surface area contributed by atoms with Crippen LogP contribution in [-0.2, 0) is 15.0 Å². The van der Waals surface area contributed by atoms with Crippen molar-refractivity contribution < 1.29 is 18.8 Å². The molecule has 168 valence electrons. The molecule has 3 aliphatic rings. The van der Waals surface area contributed by atoms with Gasteiger partial charge in [0.15, 0.2) is 5.78 Å². The predicted molar refractivity (Wildman–Crippen MR) is 126 cm³/mol. The highest BCUT2D eigenvalue weighted by molar-refractivity contribution is 6.16. The highest BCUT2D eigenvalue weighted by atomic mass is 19.1. The minimum absolute atomic E-state index is 0.214. The van der Waals surface area contributed by atoms with E-state index < -0.39 is 40.9 Å². The monoisotopic (exact) mass is 453 g/mol. The smallest absolute Gasteiger partial charge is 0.240 e. The van der Waals surface area contributed by atoms with Gasteiger partial charge in [-0.1, -0.05) is 48.6 Å². The summed E-state index contributed by atoms with van der Waals surface area (Å²) in [6.07, 6.45) is 3.78. The molecule has 7 heteroatoms. The number of primary amides is 1. The van der Waals surface area contributed by atoms with Crippen molar-refractivity contribution >= 4 is 35.0 Å². The Balaban J connectivity index is 1.66. The van der Waals surface area contributed by atoms with Crippen LogP contribution in [0.4, 0.5) is 15.8 Å². The zero-order valence-corrected chi connectivity index (χ0v) is 17.9. The van der Waals surface area contributed by atoms with E-state index in [9.17, 15) is 18.8 Å². The summed E-state index contributed by atoms with van der Waals surface area (Å²) in [6, 6.07) is 18.1. The van der Waals surface area contributed by atoms with E-state index in [0.717, 1.165) is 11.3 Å². The Bertz CT molecular complexity index is 1400. The number of benzene rings is 3. The number of fused-ring (bicyclic) bond motifs is 6. The molecule has 3 aromatic carbocycles. The Morgan fingerprint density at radius 2 is 1.68 bits per heavy atom. The third kappa shape index (κ3) is 2.52. The zero-order chi connectivity index (χ0) is 23.6. The molecule has 4 atom stereocenters. The molecule has 6 rings (SSSR count). The highest BCUT2D eigenvalue weighted by Gasteiger charge is 2.70.